The van der Waals surface area contributed by atoms with Gasteiger partial charge in [-0.1, -0.05) is 19.9 Å². The average molecular weight is 346 g/mol. The van der Waals surface area contributed by atoms with E-state index in [1.807, 2.05) is 6.07 Å². The van der Waals surface area contributed by atoms with Crippen molar-refractivity contribution in [2.75, 3.05) is 7.11 Å². The minimum atomic E-state index is -0.0270. The molecule has 2 aliphatic rings. The molecule has 0 heterocycles. The number of phenols is 1. The van der Waals surface area contributed by atoms with Crippen molar-refractivity contribution in [1.82, 2.24) is 5.32 Å². The molecule has 0 aromatic heterocycles. The van der Waals surface area contributed by atoms with Crippen LogP contribution >= 0.6 is 12.2 Å². The first kappa shape index (κ1) is 17.2. The number of para-hydroxylation sites is 1. The van der Waals surface area contributed by atoms with E-state index in [0.29, 0.717) is 22.3 Å². The molecule has 4 nitrogen and oxygen atoms in total. The zero-order valence-corrected chi connectivity index (χ0v) is 15.6. The third-order valence-corrected chi connectivity index (χ3v) is 6.75. The fraction of sp³-hybridized carbons (Fsp3) is 0.579. The predicted octanol–water partition coefficient (Wildman–Crippen LogP) is 3.91. The van der Waals surface area contributed by atoms with Gasteiger partial charge < -0.3 is 15.2 Å². The highest BCUT2D eigenvalue weighted by Gasteiger charge is 2.60. The van der Waals surface area contributed by atoms with Crippen LogP contribution in [0.1, 0.15) is 45.6 Å². The lowest BCUT2D eigenvalue weighted by Gasteiger charge is -2.48. The highest BCUT2D eigenvalue weighted by atomic mass is 32.1. The SMILES string of the molecule is COc1cccc(C=NC(=S)N[C@]2(C)[C@H]3CC[C@H](C3)C2(C)C)c1O. The number of aliphatic imine (C=N–C) groups is 1. The molecule has 2 bridgehead atoms. The van der Waals surface area contributed by atoms with Gasteiger partial charge in [0.1, 0.15) is 0 Å². The van der Waals surface area contributed by atoms with E-state index in [4.69, 9.17) is 17.0 Å². The Hall–Kier alpha value is -1.62. The van der Waals surface area contributed by atoms with E-state index >= 15 is 0 Å². The summed E-state index contributed by atoms with van der Waals surface area (Å²) in [5, 5.41) is 14.1. The number of ether oxygens (including phenoxy) is 1. The Morgan fingerprint density at radius 3 is 2.67 bits per heavy atom. The first-order chi connectivity index (χ1) is 11.3. The van der Waals surface area contributed by atoms with Gasteiger partial charge in [-0.05, 0) is 67.8 Å². The third kappa shape index (κ3) is 2.59. The molecular weight excluding hydrogens is 320 g/mol. The predicted molar refractivity (Wildman–Crippen MR) is 101 cm³/mol. The minimum absolute atomic E-state index is 0.0270. The van der Waals surface area contributed by atoms with E-state index in [0.717, 1.165) is 5.92 Å². The van der Waals surface area contributed by atoms with E-state index in [1.165, 1.54) is 26.4 Å². The second-order valence-corrected chi connectivity index (χ2v) is 8.10. The molecule has 0 unspecified atom stereocenters. The number of hydrogen-bond acceptors (Lipinski definition) is 3. The van der Waals surface area contributed by atoms with Crippen LogP contribution in [0.5, 0.6) is 11.5 Å². The Bertz CT molecular complexity index is 686. The number of thiocarbonyl (C=S) groups is 1. The molecule has 2 fully saturated rings. The van der Waals surface area contributed by atoms with Crippen LogP contribution < -0.4 is 10.1 Å². The van der Waals surface area contributed by atoms with Crippen LogP contribution in [-0.2, 0) is 0 Å². The molecule has 24 heavy (non-hydrogen) atoms. The van der Waals surface area contributed by atoms with Crippen LogP contribution in [0, 0.1) is 17.3 Å². The van der Waals surface area contributed by atoms with Crippen LogP contribution in [0.4, 0.5) is 0 Å². The summed E-state index contributed by atoms with van der Waals surface area (Å²) in [5.74, 6) is 1.92. The second-order valence-electron chi connectivity index (χ2n) is 7.72. The van der Waals surface area contributed by atoms with Crippen molar-refractivity contribution < 1.29 is 9.84 Å². The summed E-state index contributed by atoms with van der Waals surface area (Å²) in [6.07, 6.45) is 5.46. The van der Waals surface area contributed by atoms with E-state index < -0.39 is 0 Å². The maximum absolute atomic E-state index is 10.1. The number of benzene rings is 1. The standard InChI is InChI=1S/C19H26N2O2S/c1-18(2)13-8-9-14(10-13)19(18,3)21-17(24)20-11-12-6-5-7-15(23-4)16(12)22/h5-7,11,13-14,22H,8-10H2,1-4H3,(H,21,24)/t13-,14+,19-/m1/s1. The minimum Gasteiger partial charge on any atom is -0.504 e. The number of methoxy groups -OCH3 is 1. The Morgan fingerprint density at radius 1 is 1.33 bits per heavy atom. The Kier molecular flexibility index (Phi) is 4.32. The quantitative estimate of drug-likeness (QED) is 0.644. The molecule has 2 N–H and O–H groups in total. The van der Waals surface area contributed by atoms with Crippen molar-refractivity contribution in [3.8, 4) is 11.5 Å². The van der Waals surface area contributed by atoms with Crippen LogP contribution in [0.2, 0.25) is 0 Å². The topological polar surface area (TPSA) is 53.8 Å². The Balaban J connectivity index is 1.75. The number of hydrogen-bond donors (Lipinski definition) is 2. The van der Waals surface area contributed by atoms with Crippen LogP contribution in [0.15, 0.2) is 23.2 Å². The molecule has 0 saturated heterocycles. The van der Waals surface area contributed by atoms with Crippen LogP contribution in [0.25, 0.3) is 0 Å². The molecule has 1 aromatic rings. The summed E-state index contributed by atoms with van der Waals surface area (Å²) in [6, 6.07) is 5.31. The number of nitrogens with zero attached hydrogens (tertiary/aromatic N) is 1. The smallest absolute Gasteiger partial charge is 0.193 e. The van der Waals surface area contributed by atoms with Crippen molar-refractivity contribution >= 4 is 23.5 Å². The molecular formula is C19H26N2O2S. The van der Waals surface area contributed by atoms with Gasteiger partial charge in [0, 0.05) is 17.3 Å². The summed E-state index contributed by atoms with van der Waals surface area (Å²) in [7, 11) is 1.53. The number of aromatic hydroxyl groups is 1. The third-order valence-electron chi connectivity index (χ3n) is 6.55. The molecule has 0 aliphatic heterocycles. The van der Waals surface area contributed by atoms with Gasteiger partial charge in [0.2, 0.25) is 0 Å². The molecule has 2 aliphatic carbocycles. The van der Waals surface area contributed by atoms with Crippen LogP contribution in [-0.4, -0.2) is 29.1 Å². The number of fused-ring (bicyclic) bond motifs is 2. The number of phenolic OH excluding ortho intramolecular Hbond substituents is 1. The van der Waals surface area contributed by atoms with Crippen molar-refractivity contribution in [3.05, 3.63) is 23.8 Å². The zero-order chi connectivity index (χ0) is 17.5. The lowest BCUT2D eigenvalue weighted by molar-refractivity contribution is 0.0839. The summed E-state index contributed by atoms with van der Waals surface area (Å²) in [4.78, 5) is 4.37. The number of rotatable bonds is 3. The van der Waals surface area contributed by atoms with E-state index in [-0.39, 0.29) is 16.7 Å². The van der Waals surface area contributed by atoms with Gasteiger partial charge >= 0.3 is 0 Å². The molecule has 130 valence electrons. The lowest BCUT2D eigenvalue weighted by Crippen LogP contribution is -2.58. The average Bonchev–Trinajstić information content (AvgIpc) is 3.09. The second kappa shape index (κ2) is 6.03. The van der Waals surface area contributed by atoms with Gasteiger partial charge in [-0.25, -0.2) is 4.99 Å². The highest BCUT2D eigenvalue weighted by molar-refractivity contribution is 7.80. The maximum atomic E-state index is 10.1. The molecule has 0 radical (unpaired) electrons. The van der Waals surface area contributed by atoms with Gasteiger partial charge in [-0.15, -0.1) is 0 Å². The fourth-order valence-electron chi connectivity index (χ4n) is 4.57. The molecule has 3 atom stereocenters. The summed E-state index contributed by atoms with van der Waals surface area (Å²) < 4.78 is 5.12. The van der Waals surface area contributed by atoms with E-state index in [2.05, 4.69) is 31.1 Å². The van der Waals surface area contributed by atoms with Crippen molar-refractivity contribution in [2.24, 2.45) is 22.2 Å². The largest absolute Gasteiger partial charge is 0.504 e. The van der Waals surface area contributed by atoms with Gasteiger partial charge in [-0.3, -0.25) is 0 Å². The maximum Gasteiger partial charge on any atom is 0.193 e. The zero-order valence-electron chi connectivity index (χ0n) is 14.8. The summed E-state index contributed by atoms with van der Waals surface area (Å²) >= 11 is 5.46. The summed E-state index contributed by atoms with van der Waals surface area (Å²) in [6.45, 7) is 6.95. The van der Waals surface area contributed by atoms with Crippen molar-refractivity contribution in [2.45, 2.75) is 45.6 Å². The van der Waals surface area contributed by atoms with Crippen molar-refractivity contribution in [1.29, 1.82) is 0 Å². The molecule has 1 aromatic carbocycles. The summed E-state index contributed by atoms with van der Waals surface area (Å²) in [5.41, 5.74) is 0.768. The Labute approximate surface area is 149 Å². The molecule has 0 spiro atoms. The first-order valence-electron chi connectivity index (χ1n) is 8.51. The van der Waals surface area contributed by atoms with E-state index in [9.17, 15) is 5.11 Å². The van der Waals surface area contributed by atoms with Gasteiger partial charge in [-0.2, -0.15) is 0 Å². The van der Waals surface area contributed by atoms with Gasteiger partial charge in [0.25, 0.3) is 0 Å². The lowest BCUT2D eigenvalue weighted by atomic mass is 9.64. The van der Waals surface area contributed by atoms with Gasteiger partial charge in [0.15, 0.2) is 16.6 Å². The monoisotopic (exact) mass is 346 g/mol. The normalized spacial score (nSPS) is 30.7. The molecule has 0 amide bonds. The highest BCUT2D eigenvalue weighted by Crippen LogP contribution is 2.61. The molecule has 5 heteroatoms. The van der Waals surface area contributed by atoms with Gasteiger partial charge in [0.05, 0.1) is 7.11 Å². The van der Waals surface area contributed by atoms with Crippen molar-refractivity contribution in [3.63, 3.8) is 0 Å². The number of nitrogens with one attached hydrogen (secondary N) is 1. The molecule has 3 rings (SSSR count). The Morgan fingerprint density at radius 2 is 2.04 bits per heavy atom. The molecule has 2 saturated carbocycles. The van der Waals surface area contributed by atoms with Crippen LogP contribution in [0.3, 0.4) is 0 Å². The first-order valence-corrected chi connectivity index (χ1v) is 8.92. The fourth-order valence-corrected chi connectivity index (χ4v) is 4.83. The van der Waals surface area contributed by atoms with E-state index in [1.54, 1.807) is 18.3 Å².